The lowest BCUT2D eigenvalue weighted by Gasteiger charge is -1.96. The van der Waals surface area contributed by atoms with Crippen LogP contribution in [0.25, 0.3) is 5.52 Å². The van der Waals surface area contributed by atoms with Gasteiger partial charge in [0.25, 0.3) is 0 Å². The second kappa shape index (κ2) is 2.48. The monoisotopic (exact) mass is 178 g/mol. The van der Waals surface area contributed by atoms with Gasteiger partial charge in [-0.05, 0) is 18.2 Å². The van der Waals surface area contributed by atoms with Gasteiger partial charge < -0.3 is 10.2 Å². The minimum absolute atomic E-state index is 0.0332. The summed E-state index contributed by atoms with van der Waals surface area (Å²) in [6.45, 7) is 0. The van der Waals surface area contributed by atoms with Gasteiger partial charge in [0, 0.05) is 6.07 Å². The molecule has 0 spiro atoms. The summed E-state index contributed by atoms with van der Waals surface area (Å²) in [5.41, 5.74) is 0.668. The largest absolute Gasteiger partial charge is 0.492 e. The molecule has 13 heavy (non-hydrogen) atoms. The van der Waals surface area contributed by atoms with E-state index >= 15 is 0 Å². The molecule has 66 valence electrons. The maximum Gasteiger partial charge on any atom is 0.354 e. The van der Waals surface area contributed by atoms with Crippen LogP contribution in [-0.2, 0) is 0 Å². The molecule has 2 heterocycles. The molecule has 0 fully saturated rings. The number of hydrogen-bond acceptors (Lipinski definition) is 3. The highest BCUT2D eigenvalue weighted by atomic mass is 16.4. The fraction of sp³-hybridized carbons (Fsp3) is 0. The fourth-order valence-electron chi connectivity index (χ4n) is 1.14. The maximum atomic E-state index is 10.6. The SMILES string of the molecule is O=C(O)c1ccc2ccc(O)nn12. The number of aromatic carboxylic acids is 1. The second-order valence-electron chi connectivity index (χ2n) is 2.55. The number of nitrogens with zero attached hydrogens (tertiary/aromatic N) is 2. The van der Waals surface area contributed by atoms with Crippen molar-refractivity contribution in [1.29, 1.82) is 0 Å². The van der Waals surface area contributed by atoms with Crippen molar-refractivity contribution in [2.24, 2.45) is 0 Å². The topological polar surface area (TPSA) is 74.8 Å². The van der Waals surface area contributed by atoms with Crippen molar-refractivity contribution >= 4 is 11.5 Å². The first-order valence-corrected chi connectivity index (χ1v) is 3.59. The van der Waals surface area contributed by atoms with Crippen LogP contribution in [0.3, 0.4) is 0 Å². The minimum atomic E-state index is -1.07. The van der Waals surface area contributed by atoms with E-state index in [4.69, 9.17) is 10.2 Å². The lowest BCUT2D eigenvalue weighted by molar-refractivity contribution is 0.0688. The number of aromatic hydroxyl groups is 1. The Morgan fingerprint density at radius 2 is 2.00 bits per heavy atom. The van der Waals surface area contributed by atoms with E-state index in [-0.39, 0.29) is 11.6 Å². The van der Waals surface area contributed by atoms with Crippen molar-refractivity contribution in [3.63, 3.8) is 0 Å². The summed E-state index contributed by atoms with van der Waals surface area (Å²) >= 11 is 0. The Morgan fingerprint density at radius 3 is 2.69 bits per heavy atom. The first-order chi connectivity index (χ1) is 6.18. The van der Waals surface area contributed by atoms with Gasteiger partial charge in [-0.1, -0.05) is 0 Å². The summed E-state index contributed by atoms with van der Waals surface area (Å²) in [5, 5.41) is 21.4. The van der Waals surface area contributed by atoms with E-state index in [2.05, 4.69) is 5.10 Å². The summed E-state index contributed by atoms with van der Waals surface area (Å²) in [7, 11) is 0. The summed E-state index contributed by atoms with van der Waals surface area (Å²) < 4.78 is 1.18. The summed E-state index contributed by atoms with van der Waals surface area (Å²) in [5.74, 6) is -1.27. The van der Waals surface area contributed by atoms with Gasteiger partial charge in [-0.3, -0.25) is 0 Å². The molecule has 0 aliphatic heterocycles. The molecule has 2 N–H and O–H groups in total. The van der Waals surface area contributed by atoms with Crippen LogP contribution in [-0.4, -0.2) is 25.8 Å². The number of carboxylic acids is 1. The standard InChI is InChI=1S/C8H6N2O3/c11-7-4-2-5-1-3-6(8(12)13)10(5)9-7/h1-4H,(H,9,11)(H,12,13). The Labute approximate surface area is 72.9 Å². The fourth-order valence-corrected chi connectivity index (χ4v) is 1.14. The molecule has 0 aromatic carbocycles. The van der Waals surface area contributed by atoms with Gasteiger partial charge in [-0.2, -0.15) is 0 Å². The summed E-state index contributed by atoms with van der Waals surface area (Å²) in [4.78, 5) is 10.6. The van der Waals surface area contributed by atoms with Crippen molar-refractivity contribution in [2.75, 3.05) is 0 Å². The van der Waals surface area contributed by atoms with E-state index in [1.54, 1.807) is 12.1 Å². The average Bonchev–Trinajstić information content (AvgIpc) is 2.46. The van der Waals surface area contributed by atoms with Gasteiger partial charge in [0.1, 0.15) is 0 Å². The molecule has 0 aliphatic carbocycles. The molecule has 0 unspecified atom stereocenters. The smallest absolute Gasteiger partial charge is 0.354 e. The van der Waals surface area contributed by atoms with Crippen LogP contribution in [0.1, 0.15) is 10.5 Å². The molecule has 0 amide bonds. The third-order valence-corrected chi connectivity index (χ3v) is 1.71. The molecule has 2 aromatic heterocycles. The van der Waals surface area contributed by atoms with E-state index in [0.717, 1.165) is 0 Å². The van der Waals surface area contributed by atoms with Crippen LogP contribution >= 0.6 is 0 Å². The van der Waals surface area contributed by atoms with Crippen molar-refractivity contribution < 1.29 is 15.0 Å². The first-order valence-electron chi connectivity index (χ1n) is 3.59. The number of hydrogen-bond donors (Lipinski definition) is 2. The first kappa shape index (κ1) is 7.60. The van der Waals surface area contributed by atoms with Gasteiger partial charge in [0.15, 0.2) is 5.69 Å². The number of carbonyl (C=O) groups is 1. The Balaban J connectivity index is 2.79. The van der Waals surface area contributed by atoms with Crippen LogP contribution in [0.2, 0.25) is 0 Å². The van der Waals surface area contributed by atoms with E-state index in [1.807, 2.05) is 0 Å². The van der Waals surface area contributed by atoms with Crippen LogP contribution < -0.4 is 0 Å². The Morgan fingerprint density at radius 1 is 1.31 bits per heavy atom. The lowest BCUT2D eigenvalue weighted by atomic mass is 10.4. The van der Waals surface area contributed by atoms with Gasteiger partial charge in [0.05, 0.1) is 5.52 Å². The molecule has 0 radical (unpaired) electrons. The van der Waals surface area contributed by atoms with Crippen molar-refractivity contribution in [3.8, 4) is 5.88 Å². The molecule has 0 atom stereocenters. The predicted octanol–water partition coefficient (Wildman–Crippen LogP) is 0.738. The second-order valence-corrected chi connectivity index (χ2v) is 2.55. The van der Waals surface area contributed by atoms with E-state index in [1.165, 1.54) is 16.6 Å². The third kappa shape index (κ3) is 1.10. The van der Waals surface area contributed by atoms with Crippen LogP contribution in [0.15, 0.2) is 24.3 Å². The molecule has 0 saturated heterocycles. The maximum absolute atomic E-state index is 10.6. The van der Waals surface area contributed by atoms with Crippen LogP contribution in [0, 0.1) is 0 Å². The molecule has 2 rings (SSSR count). The number of rotatable bonds is 1. The van der Waals surface area contributed by atoms with Crippen LogP contribution in [0.5, 0.6) is 5.88 Å². The molecule has 0 saturated carbocycles. The lowest BCUT2D eigenvalue weighted by Crippen LogP contribution is -2.03. The zero-order chi connectivity index (χ0) is 9.42. The molecule has 0 aliphatic rings. The predicted molar refractivity (Wildman–Crippen MR) is 43.8 cm³/mol. The summed E-state index contributed by atoms with van der Waals surface area (Å²) in [6.07, 6.45) is 0. The Bertz CT molecular complexity index is 475. The Kier molecular flexibility index (Phi) is 1.45. The van der Waals surface area contributed by atoms with Crippen molar-refractivity contribution in [1.82, 2.24) is 9.61 Å². The average molecular weight is 178 g/mol. The minimum Gasteiger partial charge on any atom is -0.492 e. The molecular formula is C8H6N2O3. The zero-order valence-corrected chi connectivity index (χ0v) is 6.51. The third-order valence-electron chi connectivity index (χ3n) is 1.71. The molecule has 5 heteroatoms. The molecule has 2 aromatic rings. The van der Waals surface area contributed by atoms with Gasteiger partial charge in [-0.25, -0.2) is 9.31 Å². The highest BCUT2D eigenvalue weighted by Crippen LogP contribution is 2.11. The molecular weight excluding hydrogens is 172 g/mol. The van der Waals surface area contributed by atoms with Gasteiger partial charge in [-0.15, -0.1) is 5.10 Å². The number of aromatic nitrogens is 2. The van der Waals surface area contributed by atoms with Crippen molar-refractivity contribution in [2.45, 2.75) is 0 Å². The number of carboxylic acid groups (broad SMARTS) is 1. The normalized spacial score (nSPS) is 10.5. The molecule has 5 nitrogen and oxygen atoms in total. The van der Waals surface area contributed by atoms with E-state index in [9.17, 15) is 4.79 Å². The molecule has 0 bridgehead atoms. The van der Waals surface area contributed by atoms with Crippen LogP contribution in [0.4, 0.5) is 0 Å². The number of fused-ring (bicyclic) bond motifs is 1. The highest BCUT2D eigenvalue weighted by Gasteiger charge is 2.09. The quantitative estimate of drug-likeness (QED) is 0.675. The van der Waals surface area contributed by atoms with Gasteiger partial charge in [0.2, 0.25) is 5.88 Å². The summed E-state index contributed by atoms with van der Waals surface area (Å²) in [6, 6.07) is 6.05. The Hall–Kier alpha value is -2.04. The highest BCUT2D eigenvalue weighted by molar-refractivity contribution is 5.87. The van der Waals surface area contributed by atoms with Gasteiger partial charge >= 0.3 is 5.97 Å². The van der Waals surface area contributed by atoms with Crippen molar-refractivity contribution in [3.05, 3.63) is 30.0 Å². The van der Waals surface area contributed by atoms with E-state index in [0.29, 0.717) is 5.52 Å². The zero-order valence-electron chi connectivity index (χ0n) is 6.51. The van der Waals surface area contributed by atoms with E-state index < -0.39 is 5.97 Å².